The van der Waals surface area contributed by atoms with E-state index in [0.29, 0.717) is 18.5 Å². The minimum atomic E-state index is -0.607. The Labute approximate surface area is 184 Å². The van der Waals surface area contributed by atoms with Gasteiger partial charge >= 0.3 is 5.76 Å². The van der Waals surface area contributed by atoms with Gasteiger partial charge in [-0.3, -0.25) is 19.5 Å². The molecule has 1 atom stereocenters. The first-order valence-electron chi connectivity index (χ1n) is 10.2. The molecule has 3 aromatic rings. The fraction of sp³-hybridized carbons (Fsp3) is 0.364. The van der Waals surface area contributed by atoms with Gasteiger partial charge in [0.15, 0.2) is 5.58 Å². The van der Waals surface area contributed by atoms with Crippen molar-refractivity contribution in [3.8, 4) is 5.75 Å². The number of carbonyl (C=O) groups is 1. The van der Waals surface area contributed by atoms with Crippen LogP contribution in [0.15, 0.2) is 51.7 Å². The number of nitrogens with one attached hydrogen (secondary N) is 1. The predicted molar refractivity (Wildman–Crippen MR) is 119 cm³/mol. The van der Waals surface area contributed by atoms with Gasteiger partial charge in [0.25, 0.3) is 5.69 Å². The third-order valence-electron chi connectivity index (χ3n) is 5.26. The maximum Gasteiger partial charge on any atom is 0.419 e. The zero-order valence-electron chi connectivity index (χ0n) is 18.2. The molecule has 0 radical (unpaired) electrons. The van der Waals surface area contributed by atoms with Gasteiger partial charge in [0.1, 0.15) is 5.75 Å². The number of nitro groups is 1. The molecule has 0 aliphatic heterocycles. The van der Waals surface area contributed by atoms with Crippen LogP contribution in [0.4, 0.5) is 5.69 Å². The van der Waals surface area contributed by atoms with Gasteiger partial charge in [0, 0.05) is 31.1 Å². The van der Waals surface area contributed by atoms with Crippen molar-refractivity contribution in [2.24, 2.45) is 0 Å². The van der Waals surface area contributed by atoms with Crippen molar-refractivity contribution in [1.29, 1.82) is 0 Å². The van der Waals surface area contributed by atoms with Gasteiger partial charge in [-0.25, -0.2) is 4.79 Å². The molecule has 1 unspecified atom stereocenters. The number of hydrogen-bond donors (Lipinski definition) is 1. The van der Waals surface area contributed by atoms with Crippen molar-refractivity contribution in [3.63, 3.8) is 0 Å². The molecule has 10 heteroatoms. The number of aryl methyl sites for hydroxylation is 1. The normalized spacial score (nSPS) is 12.1. The third kappa shape index (κ3) is 5.14. The molecule has 0 aliphatic rings. The zero-order valence-corrected chi connectivity index (χ0v) is 18.2. The predicted octanol–water partition coefficient (Wildman–Crippen LogP) is 2.71. The maximum atomic E-state index is 12.4. The number of para-hydroxylation sites is 1. The lowest BCUT2D eigenvalue weighted by molar-refractivity contribution is -0.384. The van der Waals surface area contributed by atoms with E-state index in [0.717, 1.165) is 11.3 Å². The van der Waals surface area contributed by atoms with Crippen molar-refractivity contribution in [3.05, 3.63) is 68.7 Å². The quantitative estimate of drug-likeness (QED) is 0.379. The third-order valence-corrected chi connectivity index (χ3v) is 5.26. The second kappa shape index (κ2) is 10.1. The van der Waals surface area contributed by atoms with Gasteiger partial charge in [-0.15, -0.1) is 0 Å². The molecule has 3 rings (SSSR count). The lowest BCUT2D eigenvalue weighted by atomic mass is 10.0. The van der Waals surface area contributed by atoms with Crippen molar-refractivity contribution in [2.75, 3.05) is 27.7 Å². The molecule has 32 heavy (non-hydrogen) atoms. The largest absolute Gasteiger partial charge is 0.496 e. The number of nitrogens with zero attached hydrogens (tertiary/aromatic N) is 3. The average molecular weight is 442 g/mol. The standard InChI is InChI=1S/C22H26N4O6/c1-24(2)18(16-7-4-5-8-19(16)31-3)14-23-21(27)9-6-12-25-17-11-10-15(26(29)30)13-20(17)32-22(25)28/h4-5,7-8,10-11,13,18H,6,9,12,14H2,1-3H3,(H,23,27). The summed E-state index contributed by atoms with van der Waals surface area (Å²) in [5.41, 5.74) is 1.44. The number of nitro benzene ring substituents is 1. The summed E-state index contributed by atoms with van der Waals surface area (Å²) in [7, 11) is 5.48. The number of ether oxygens (including phenoxy) is 1. The Hall–Kier alpha value is -3.66. The number of methoxy groups -OCH3 is 1. The first-order chi connectivity index (χ1) is 15.3. The number of non-ortho nitro benzene ring substituents is 1. The Morgan fingerprint density at radius 3 is 2.72 bits per heavy atom. The van der Waals surface area contributed by atoms with E-state index in [-0.39, 0.29) is 36.2 Å². The fourth-order valence-electron chi connectivity index (χ4n) is 3.59. The Balaban J connectivity index is 1.59. The molecule has 1 amide bonds. The lowest BCUT2D eigenvalue weighted by Crippen LogP contribution is -2.34. The van der Waals surface area contributed by atoms with E-state index in [1.807, 2.05) is 43.3 Å². The SMILES string of the molecule is COc1ccccc1C(CNC(=O)CCCn1c(=O)oc2cc([N+](=O)[O-])ccc21)N(C)C. The van der Waals surface area contributed by atoms with Crippen LogP contribution < -0.4 is 15.8 Å². The first kappa shape index (κ1) is 23.0. The van der Waals surface area contributed by atoms with Crippen LogP contribution in [0.2, 0.25) is 0 Å². The Morgan fingerprint density at radius 1 is 1.28 bits per heavy atom. The second-order valence-electron chi connectivity index (χ2n) is 7.56. The Bertz CT molecular complexity index is 1170. The van der Waals surface area contributed by atoms with E-state index in [4.69, 9.17) is 9.15 Å². The van der Waals surface area contributed by atoms with Crippen molar-refractivity contribution in [2.45, 2.75) is 25.4 Å². The summed E-state index contributed by atoms with van der Waals surface area (Å²) in [6.07, 6.45) is 0.636. The molecule has 170 valence electrons. The van der Waals surface area contributed by atoms with E-state index in [1.165, 1.54) is 22.8 Å². The number of carbonyl (C=O) groups excluding carboxylic acids is 1. The Kier molecular flexibility index (Phi) is 7.26. The average Bonchev–Trinajstić information content (AvgIpc) is 3.08. The molecule has 0 bridgehead atoms. The maximum absolute atomic E-state index is 12.4. The van der Waals surface area contributed by atoms with E-state index >= 15 is 0 Å². The summed E-state index contributed by atoms with van der Waals surface area (Å²) < 4.78 is 11.9. The number of fused-ring (bicyclic) bond motifs is 1. The number of oxazole rings is 1. The summed E-state index contributed by atoms with van der Waals surface area (Å²) in [6.45, 7) is 0.672. The van der Waals surface area contributed by atoms with E-state index in [2.05, 4.69) is 5.32 Å². The number of hydrogen-bond acceptors (Lipinski definition) is 7. The molecule has 2 aromatic carbocycles. The van der Waals surface area contributed by atoms with Crippen LogP contribution in [0.1, 0.15) is 24.4 Å². The summed E-state index contributed by atoms with van der Waals surface area (Å²) in [5, 5.41) is 13.8. The van der Waals surface area contributed by atoms with E-state index < -0.39 is 10.7 Å². The van der Waals surface area contributed by atoms with Gasteiger partial charge in [-0.1, -0.05) is 18.2 Å². The number of rotatable bonds is 10. The zero-order chi connectivity index (χ0) is 23.3. The van der Waals surface area contributed by atoms with Crippen molar-refractivity contribution >= 4 is 22.7 Å². The lowest BCUT2D eigenvalue weighted by Gasteiger charge is -2.26. The molecule has 0 aliphatic carbocycles. The van der Waals surface area contributed by atoms with E-state index in [1.54, 1.807) is 7.11 Å². The summed E-state index contributed by atoms with van der Waals surface area (Å²) in [5.74, 6) is 0.0138. The minimum Gasteiger partial charge on any atom is -0.496 e. The molecular weight excluding hydrogens is 416 g/mol. The van der Waals surface area contributed by atoms with Gasteiger partial charge in [-0.05, 0) is 32.6 Å². The van der Waals surface area contributed by atoms with Gasteiger partial charge in [0.05, 0.1) is 29.7 Å². The molecule has 0 spiro atoms. The number of aromatic nitrogens is 1. The summed E-state index contributed by atoms with van der Waals surface area (Å²) >= 11 is 0. The first-order valence-corrected chi connectivity index (χ1v) is 10.2. The highest BCUT2D eigenvalue weighted by atomic mass is 16.6. The molecule has 0 fully saturated rings. The van der Waals surface area contributed by atoms with Crippen LogP contribution in [0.5, 0.6) is 5.75 Å². The highest BCUT2D eigenvalue weighted by molar-refractivity contribution is 5.76. The van der Waals surface area contributed by atoms with Crippen molar-refractivity contribution < 1.29 is 18.9 Å². The number of benzene rings is 2. The van der Waals surface area contributed by atoms with Crippen LogP contribution in [0.3, 0.4) is 0 Å². The van der Waals surface area contributed by atoms with Gasteiger partial charge in [0.2, 0.25) is 5.91 Å². The highest BCUT2D eigenvalue weighted by Gasteiger charge is 2.19. The van der Waals surface area contributed by atoms with Gasteiger partial charge in [-0.2, -0.15) is 0 Å². The second-order valence-corrected chi connectivity index (χ2v) is 7.56. The number of amides is 1. The number of likely N-dealkylation sites (N-methyl/N-ethyl adjacent to an activating group) is 1. The van der Waals surface area contributed by atoms with E-state index in [9.17, 15) is 19.7 Å². The Morgan fingerprint density at radius 2 is 2.03 bits per heavy atom. The molecular formula is C22H26N4O6. The molecule has 1 aromatic heterocycles. The van der Waals surface area contributed by atoms with Crippen LogP contribution in [-0.2, 0) is 11.3 Å². The van der Waals surface area contributed by atoms with Crippen LogP contribution in [0, 0.1) is 10.1 Å². The summed E-state index contributed by atoms with van der Waals surface area (Å²) in [4.78, 5) is 36.9. The fourth-order valence-corrected chi connectivity index (χ4v) is 3.59. The highest BCUT2D eigenvalue weighted by Crippen LogP contribution is 2.27. The smallest absolute Gasteiger partial charge is 0.419 e. The molecule has 10 nitrogen and oxygen atoms in total. The molecule has 0 saturated heterocycles. The van der Waals surface area contributed by atoms with Crippen LogP contribution >= 0.6 is 0 Å². The topological polar surface area (TPSA) is 120 Å². The molecule has 0 saturated carbocycles. The van der Waals surface area contributed by atoms with Crippen molar-refractivity contribution in [1.82, 2.24) is 14.8 Å². The van der Waals surface area contributed by atoms with Crippen LogP contribution in [-0.4, -0.2) is 48.0 Å². The monoisotopic (exact) mass is 442 g/mol. The van der Waals surface area contributed by atoms with Crippen LogP contribution in [0.25, 0.3) is 11.1 Å². The minimum absolute atomic E-state index is 0.0636. The summed E-state index contributed by atoms with van der Waals surface area (Å²) in [6, 6.07) is 11.6. The van der Waals surface area contributed by atoms with Gasteiger partial charge < -0.3 is 19.4 Å². The molecule has 1 heterocycles. The molecule has 1 N–H and O–H groups in total.